The molecular weight excluding hydrogens is 498 g/mol. The third-order valence-electron chi connectivity index (χ3n) is 3.93. The summed E-state index contributed by atoms with van der Waals surface area (Å²) in [6.07, 6.45) is -4.36. The van der Waals surface area contributed by atoms with Gasteiger partial charge in [0.2, 0.25) is 0 Å². The Bertz CT molecular complexity index is 814. The Morgan fingerprint density at radius 1 is 1.00 bits per heavy atom. The van der Waals surface area contributed by atoms with Gasteiger partial charge < -0.3 is 20.1 Å². The molecule has 0 radical (unpaired) electrons. The Morgan fingerprint density at radius 3 is 2.21 bits per heavy atom. The number of nitrogens with one attached hydrogen (secondary N) is 2. The summed E-state index contributed by atoms with van der Waals surface area (Å²) < 4.78 is 49.2. The molecule has 0 heterocycles. The summed E-state index contributed by atoms with van der Waals surface area (Å²) in [4.78, 5) is 4.10. The molecule has 9 heteroatoms. The van der Waals surface area contributed by atoms with Gasteiger partial charge in [-0.25, -0.2) is 0 Å². The predicted octanol–water partition coefficient (Wildman–Crippen LogP) is 4.60. The van der Waals surface area contributed by atoms with Gasteiger partial charge >= 0.3 is 6.18 Å². The monoisotopic (exact) mass is 523 g/mol. The lowest BCUT2D eigenvalue weighted by Crippen LogP contribution is -2.36. The van der Waals surface area contributed by atoms with Crippen molar-refractivity contribution in [3.8, 4) is 11.5 Å². The van der Waals surface area contributed by atoms with Gasteiger partial charge in [-0.1, -0.05) is 18.2 Å². The number of aliphatic imine (C=N–C) groups is 1. The number of ether oxygens (including phenoxy) is 2. The summed E-state index contributed by atoms with van der Waals surface area (Å²) >= 11 is 0. The van der Waals surface area contributed by atoms with E-state index >= 15 is 0 Å². The summed E-state index contributed by atoms with van der Waals surface area (Å²) in [5.74, 6) is 1.78. The number of hydrogen-bond acceptors (Lipinski definition) is 3. The van der Waals surface area contributed by atoms with Crippen molar-refractivity contribution in [2.45, 2.75) is 26.2 Å². The molecule has 0 aliphatic carbocycles. The summed E-state index contributed by atoms with van der Waals surface area (Å²) in [6, 6.07) is 10.8. The van der Waals surface area contributed by atoms with Gasteiger partial charge in [-0.3, -0.25) is 4.99 Å². The number of benzene rings is 2. The van der Waals surface area contributed by atoms with Crippen molar-refractivity contribution in [3.05, 3.63) is 59.2 Å². The van der Waals surface area contributed by atoms with Crippen molar-refractivity contribution in [2.75, 3.05) is 20.8 Å². The maximum atomic E-state index is 12.8. The second kappa shape index (κ2) is 11.7. The molecule has 0 spiro atoms. The van der Waals surface area contributed by atoms with E-state index in [-0.39, 0.29) is 30.5 Å². The van der Waals surface area contributed by atoms with Crippen LogP contribution in [0.15, 0.2) is 47.5 Å². The Kier molecular flexibility index (Phi) is 10.1. The summed E-state index contributed by atoms with van der Waals surface area (Å²) in [5.41, 5.74) is 0.791. The van der Waals surface area contributed by atoms with Crippen molar-refractivity contribution in [1.82, 2.24) is 10.6 Å². The van der Waals surface area contributed by atoms with Crippen LogP contribution in [0.4, 0.5) is 13.2 Å². The van der Waals surface area contributed by atoms with Gasteiger partial charge in [-0.15, -0.1) is 24.0 Å². The SMILES string of the molecule is CCOc1ccc(CNC(=NC)NCc2cccc(C(F)(F)F)c2)cc1OC.I. The van der Waals surface area contributed by atoms with E-state index in [2.05, 4.69) is 15.6 Å². The third-order valence-corrected chi connectivity index (χ3v) is 3.93. The van der Waals surface area contributed by atoms with Crippen LogP contribution in [0.25, 0.3) is 0 Å². The molecule has 5 nitrogen and oxygen atoms in total. The number of hydrogen-bond donors (Lipinski definition) is 2. The van der Waals surface area contributed by atoms with Crippen LogP contribution in [-0.2, 0) is 19.3 Å². The fraction of sp³-hybridized carbons (Fsp3) is 0.350. The first-order valence-corrected chi connectivity index (χ1v) is 8.77. The lowest BCUT2D eigenvalue weighted by molar-refractivity contribution is -0.137. The van der Waals surface area contributed by atoms with Crippen LogP contribution in [0, 0.1) is 0 Å². The number of guanidine groups is 1. The molecule has 160 valence electrons. The largest absolute Gasteiger partial charge is 0.493 e. The lowest BCUT2D eigenvalue weighted by atomic mass is 10.1. The number of halogens is 4. The van der Waals surface area contributed by atoms with Crippen molar-refractivity contribution >= 4 is 29.9 Å². The maximum absolute atomic E-state index is 12.8. The zero-order valence-electron chi connectivity index (χ0n) is 16.5. The van der Waals surface area contributed by atoms with Gasteiger partial charge in [-0.05, 0) is 42.3 Å². The first kappa shape index (κ1) is 24.9. The molecular formula is C20H25F3IN3O2. The minimum absolute atomic E-state index is 0. The highest BCUT2D eigenvalue weighted by Crippen LogP contribution is 2.29. The molecule has 2 rings (SSSR count). The van der Waals surface area contributed by atoms with E-state index in [0.29, 0.717) is 36.2 Å². The van der Waals surface area contributed by atoms with E-state index in [0.717, 1.165) is 17.7 Å². The van der Waals surface area contributed by atoms with Crippen molar-refractivity contribution in [2.24, 2.45) is 4.99 Å². The Morgan fingerprint density at radius 2 is 1.66 bits per heavy atom. The normalized spacial score (nSPS) is 11.4. The van der Waals surface area contributed by atoms with E-state index < -0.39 is 11.7 Å². The second-order valence-corrected chi connectivity index (χ2v) is 5.90. The molecule has 0 bridgehead atoms. The average Bonchev–Trinajstić information content (AvgIpc) is 2.68. The van der Waals surface area contributed by atoms with E-state index in [4.69, 9.17) is 9.47 Å². The zero-order valence-corrected chi connectivity index (χ0v) is 18.8. The Hall–Kier alpha value is -2.17. The fourth-order valence-corrected chi connectivity index (χ4v) is 2.55. The van der Waals surface area contributed by atoms with E-state index in [9.17, 15) is 13.2 Å². The van der Waals surface area contributed by atoms with E-state index in [1.54, 1.807) is 20.2 Å². The zero-order chi connectivity index (χ0) is 20.6. The number of rotatable bonds is 7. The summed E-state index contributed by atoms with van der Waals surface area (Å²) in [6.45, 7) is 3.12. The highest BCUT2D eigenvalue weighted by molar-refractivity contribution is 14.0. The molecule has 2 aromatic carbocycles. The van der Waals surface area contributed by atoms with Gasteiger partial charge in [-0.2, -0.15) is 13.2 Å². The third kappa shape index (κ3) is 7.64. The van der Waals surface area contributed by atoms with Gasteiger partial charge in [0.15, 0.2) is 17.5 Å². The van der Waals surface area contributed by atoms with Crippen LogP contribution in [-0.4, -0.2) is 26.7 Å². The topological polar surface area (TPSA) is 54.9 Å². The minimum atomic E-state index is -4.36. The molecule has 0 saturated carbocycles. The smallest absolute Gasteiger partial charge is 0.416 e. The average molecular weight is 523 g/mol. The molecule has 0 aliphatic rings. The van der Waals surface area contributed by atoms with Crippen LogP contribution < -0.4 is 20.1 Å². The van der Waals surface area contributed by atoms with Crippen molar-refractivity contribution < 1.29 is 22.6 Å². The van der Waals surface area contributed by atoms with Gasteiger partial charge in [0, 0.05) is 20.1 Å². The van der Waals surface area contributed by atoms with Crippen LogP contribution in [0.3, 0.4) is 0 Å². The second-order valence-electron chi connectivity index (χ2n) is 5.90. The number of methoxy groups -OCH3 is 1. The first-order valence-electron chi connectivity index (χ1n) is 8.77. The van der Waals surface area contributed by atoms with Gasteiger partial charge in [0.1, 0.15) is 0 Å². The first-order chi connectivity index (χ1) is 13.4. The maximum Gasteiger partial charge on any atom is 0.416 e. The number of alkyl halides is 3. The predicted molar refractivity (Wildman–Crippen MR) is 118 cm³/mol. The lowest BCUT2D eigenvalue weighted by Gasteiger charge is -2.14. The van der Waals surface area contributed by atoms with Crippen molar-refractivity contribution in [1.29, 1.82) is 0 Å². The van der Waals surface area contributed by atoms with Crippen LogP contribution in [0.1, 0.15) is 23.6 Å². The van der Waals surface area contributed by atoms with E-state index in [1.165, 1.54) is 6.07 Å². The molecule has 0 unspecified atom stereocenters. The Labute approximate surface area is 185 Å². The van der Waals surface area contributed by atoms with Crippen LogP contribution in [0.5, 0.6) is 11.5 Å². The number of nitrogens with zero attached hydrogens (tertiary/aromatic N) is 1. The standard InChI is InChI=1S/C20H24F3N3O2.HI/c1-4-28-17-9-8-15(11-18(17)27-3)13-26-19(24-2)25-12-14-6-5-7-16(10-14)20(21,22)23;/h5-11H,4,12-13H2,1-3H3,(H2,24,25,26);1H. The van der Waals surface area contributed by atoms with Gasteiger partial charge in [0.25, 0.3) is 0 Å². The van der Waals surface area contributed by atoms with Crippen LogP contribution >= 0.6 is 24.0 Å². The van der Waals surface area contributed by atoms with Gasteiger partial charge in [0.05, 0.1) is 19.3 Å². The van der Waals surface area contributed by atoms with E-state index in [1.807, 2.05) is 25.1 Å². The molecule has 0 atom stereocenters. The summed E-state index contributed by atoms with van der Waals surface area (Å²) in [5, 5.41) is 6.13. The molecule has 0 saturated heterocycles. The molecule has 0 fully saturated rings. The molecule has 2 aromatic rings. The highest BCUT2D eigenvalue weighted by atomic mass is 127. The minimum Gasteiger partial charge on any atom is -0.493 e. The molecule has 0 amide bonds. The quantitative estimate of drug-likeness (QED) is 0.317. The molecule has 2 N–H and O–H groups in total. The summed E-state index contributed by atoms with van der Waals surface area (Å²) in [7, 11) is 3.17. The Balaban J connectivity index is 0.00000420. The van der Waals surface area contributed by atoms with Crippen LogP contribution in [0.2, 0.25) is 0 Å². The molecule has 29 heavy (non-hydrogen) atoms. The van der Waals surface area contributed by atoms with Crippen molar-refractivity contribution in [3.63, 3.8) is 0 Å². The highest BCUT2D eigenvalue weighted by Gasteiger charge is 2.30. The molecule has 0 aromatic heterocycles. The molecule has 0 aliphatic heterocycles. The fourth-order valence-electron chi connectivity index (χ4n) is 2.55.